The molecule has 0 radical (unpaired) electrons. The van der Waals surface area contributed by atoms with Gasteiger partial charge in [-0.2, -0.15) is 0 Å². The highest BCUT2D eigenvalue weighted by Crippen LogP contribution is 2.36. The van der Waals surface area contributed by atoms with Crippen molar-refractivity contribution < 1.29 is 14.3 Å². The number of allylic oxidation sites excluding steroid dienone is 1. The maximum absolute atomic E-state index is 12.3. The minimum atomic E-state index is -2.71. The van der Waals surface area contributed by atoms with E-state index in [1.165, 1.54) is 6.08 Å². The predicted molar refractivity (Wildman–Crippen MR) is 110 cm³/mol. The fraction of sp³-hybridized carbons (Fsp3) is 0.318. The van der Waals surface area contributed by atoms with Gasteiger partial charge < -0.3 is 9.53 Å². The molecule has 3 nitrogen and oxygen atoms in total. The summed E-state index contributed by atoms with van der Waals surface area (Å²) in [6.45, 7) is 8.27. The molecule has 2 rings (SSSR count). The SMILES string of the molecule is CC/C(O)=C/C(=O)CO[Si](c1ccccc1)(c1ccccc1)C(C)(C)C. The van der Waals surface area contributed by atoms with Crippen LogP contribution in [-0.4, -0.2) is 25.8 Å². The number of hydrogen-bond acceptors (Lipinski definition) is 3. The number of benzene rings is 2. The number of aliphatic hydroxyl groups is 1. The zero-order valence-corrected chi connectivity index (χ0v) is 17.0. The number of hydrogen-bond donors (Lipinski definition) is 1. The van der Waals surface area contributed by atoms with E-state index in [9.17, 15) is 9.90 Å². The molecule has 0 saturated heterocycles. The van der Waals surface area contributed by atoms with E-state index >= 15 is 0 Å². The topological polar surface area (TPSA) is 46.5 Å². The second-order valence-corrected chi connectivity index (χ2v) is 11.7. The first kappa shape index (κ1) is 20.1. The van der Waals surface area contributed by atoms with Gasteiger partial charge in [-0.15, -0.1) is 0 Å². The Morgan fingerprint density at radius 2 is 1.46 bits per heavy atom. The smallest absolute Gasteiger partial charge is 0.261 e. The van der Waals surface area contributed by atoms with Crippen LogP contribution in [0.2, 0.25) is 5.04 Å². The summed E-state index contributed by atoms with van der Waals surface area (Å²) in [5.41, 5.74) is 0. The highest BCUT2D eigenvalue weighted by atomic mass is 28.4. The summed E-state index contributed by atoms with van der Waals surface area (Å²) in [5, 5.41) is 11.7. The third-order valence-corrected chi connectivity index (χ3v) is 9.52. The predicted octanol–water partition coefficient (Wildman–Crippen LogP) is 3.98. The molecule has 0 unspecified atom stereocenters. The Balaban J connectivity index is 2.52. The fourth-order valence-corrected chi connectivity index (χ4v) is 7.78. The molecule has 0 aliphatic carbocycles. The van der Waals surface area contributed by atoms with Gasteiger partial charge in [-0.1, -0.05) is 88.4 Å². The molecule has 0 aliphatic heterocycles. The van der Waals surface area contributed by atoms with Crippen molar-refractivity contribution in [1.29, 1.82) is 0 Å². The minimum absolute atomic E-state index is 0.0443. The summed E-state index contributed by atoms with van der Waals surface area (Å²) >= 11 is 0. The van der Waals surface area contributed by atoms with Crippen molar-refractivity contribution in [3.05, 3.63) is 72.5 Å². The third-order valence-electron chi connectivity index (χ3n) is 4.54. The largest absolute Gasteiger partial charge is 0.512 e. The first-order valence-electron chi connectivity index (χ1n) is 8.98. The van der Waals surface area contributed by atoms with Gasteiger partial charge in [0.1, 0.15) is 0 Å². The number of ketones is 1. The van der Waals surface area contributed by atoms with Crippen LogP contribution in [0.25, 0.3) is 0 Å². The Morgan fingerprint density at radius 3 is 1.85 bits per heavy atom. The van der Waals surface area contributed by atoms with Crippen molar-refractivity contribution in [1.82, 2.24) is 0 Å². The van der Waals surface area contributed by atoms with Crippen LogP contribution in [0.3, 0.4) is 0 Å². The molecule has 2 aromatic rings. The third kappa shape index (κ3) is 4.32. The highest BCUT2D eigenvalue weighted by Gasteiger charge is 2.50. The van der Waals surface area contributed by atoms with Gasteiger partial charge in [0.2, 0.25) is 0 Å². The molecule has 0 amide bonds. The van der Waals surface area contributed by atoms with Gasteiger partial charge in [0, 0.05) is 12.5 Å². The molecular formula is C22H28O3Si. The fourth-order valence-electron chi connectivity index (χ4n) is 3.27. The number of aliphatic hydroxyl groups excluding tert-OH is 1. The van der Waals surface area contributed by atoms with Gasteiger partial charge in [0.25, 0.3) is 8.32 Å². The lowest BCUT2D eigenvalue weighted by Crippen LogP contribution is -2.66. The van der Waals surface area contributed by atoms with E-state index < -0.39 is 8.32 Å². The summed E-state index contributed by atoms with van der Waals surface area (Å²) < 4.78 is 6.51. The zero-order chi connectivity index (χ0) is 19.2. The number of carbonyl (C=O) groups is 1. The zero-order valence-electron chi connectivity index (χ0n) is 16.0. The Bertz CT molecular complexity index is 706. The van der Waals surface area contributed by atoms with E-state index in [1.54, 1.807) is 0 Å². The molecule has 0 heterocycles. The Kier molecular flexibility index (Phi) is 6.56. The average Bonchev–Trinajstić information content (AvgIpc) is 2.62. The molecule has 0 atom stereocenters. The van der Waals surface area contributed by atoms with Crippen LogP contribution >= 0.6 is 0 Å². The van der Waals surface area contributed by atoms with Gasteiger partial charge in [0.05, 0.1) is 12.4 Å². The summed E-state index contributed by atoms with van der Waals surface area (Å²) in [4.78, 5) is 12.3. The molecule has 0 bridgehead atoms. The van der Waals surface area contributed by atoms with E-state index in [-0.39, 0.29) is 23.2 Å². The normalized spacial score (nSPS) is 12.8. The van der Waals surface area contributed by atoms with E-state index in [0.29, 0.717) is 6.42 Å². The average molecular weight is 369 g/mol. The van der Waals surface area contributed by atoms with Crippen LogP contribution in [0.4, 0.5) is 0 Å². The lowest BCUT2D eigenvalue weighted by Gasteiger charge is -2.42. The molecule has 138 valence electrons. The monoisotopic (exact) mass is 368 g/mol. The molecule has 0 saturated carbocycles. The van der Waals surface area contributed by atoms with Crippen molar-refractivity contribution in [3.8, 4) is 0 Å². The second-order valence-electron chi connectivity index (χ2n) is 7.41. The van der Waals surface area contributed by atoms with Crippen LogP contribution in [0.1, 0.15) is 34.1 Å². The van der Waals surface area contributed by atoms with E-state index in [0.717, 1.165) is 10.4 Å². The summed E-state index contributed by atoms with van der Waals surface area (Å²) in [5.74, 6) is -0.126. The molecule has 2 aromatic carbocycles. The maximum atomic E-state index is 12.3. The molecule has 26 heavy (non-hydrogen) atoms. The Labute approximate surface area is 157 Å². The van der Waals surface area contributed by atoms with E-state index in [4.69, 9.17) is 4.43 Å². The van der Waals surface area contributed by atoms with E-state index in [1.807, 2.05) is 43.3 Å². The van der Waals surface area contributed by atoms with Crippen LogP contribution in [0, 0.1) is 0 Å². The Hall–Kier alpha value is -2.17. The van der Waals surface area contributed by atoms with Gasteiger partial charge in [-0.25, -0.2) is 0 Å². The van der Waals surface area contributed by atoms with Crippen molar-refractivity contribution >= 4 is 24.5 Å². The second kappa shape index (κ2) is 8.47. The van der Waals surface area contributed by atoms with Gasteiger partial charge in [-0.3, -0.25) is 4.79 Å². The van der Waals surface area contributed by atoms with Gasteiger partial charge >= 0.3 is 0 Å². The van der Waals surface area contributed by atoms with Crippen molar-refractivity contribution in [2.24, 2.45) is 0 Å². The summed E-state index contributed by atoms with van der Waals surface area (Å²) in [6.07, 6.45) is 1.71. The first-order chi connectivity index (χ1) is 12.3. The molecule has 0 aliphatic rings. The molecule has 0 fully saturated rings. The molecule has 4 heteroatoms. The van der Waals surface area contributed by atoms with Gasteiger partial charge in [0.15, 0.2) is 5.78 Å². The maximum Gasteiger partial charge on any atom is 0.261 e. The van der Waals surface area contributed by atoms with Crippen molar-refractivity contribution in [3.63, 3.8) is 0 Å². The lowest BCUT2D eigenvalue weighted by atomic mass is 10.2. The number of carbonyl (C=O) groups excluding carboxylic acids is 1. The van der Waals surface area contributed by atoms with Gasteiger partial charge in [-0.05, 0) is 15.4 Å². The molecular weight excluding hydrogens is 340 g/mol. The standard InChI is InChI=1S/C22H28O3Si/c1-5-18(23)16-19(24)17-25-26(22(2,3)4,20-12-8-6-9-13-20)21-14-10-7-11-15-21/h6-16,23H,5,17H2,1-4H3/b18-16-. The van der Waals surface area contributed by atoms with Crippen LogP contribution in [-0.2, 0) is 9.22 Å². The van der Waals surface area contributed by atoms with E-state index in [2.05, 4.69) is 45.0 Å². The molecule has 0 aromatic heterocycles. The molecule has 1 N–H and O–H groups in total. The lowest BCUT2D eigenvalue weighted by molar-refractivity contribution is -0.116. The van der Waals surface area contributed by atoms with Crippen LogP contribution in [0.15, 0.2) is 72.5 Å². The molecule has 0 spiro atoms. The quantitative estimate of drug-likeness (QED) is 0.457. The van der Waals surface area contributed by atoms with Crippen LogP contribution < -0.4 is 10.4 Å². The number of rotatable bonds is 7. The summed E-state index contributed by atoms with van der Waals surface area (Å²) in [7, 11) is -2.71. The van der Waals surface area contributed by atoms with Crippen molar-refractivity contribution in [2.75, 3.05) is 6.61 Å². The first-order valence-corrected chi connectivity index (χ1v) is 10.9. The van der Waals surface area contributed by atoms with Crippen molar-refractivity contribution in [2.45, 2.75) is 39.2 Å². The highest BCUT2D eigenvalue weighted by molar-refractivity contribution is 6.99. The summed E-state index contributed by atoms with van der Waals surface area (Å²) in [6, 6.07) is 20.4. The Morgan fingerprint density at radius 1 is 1.00 bits per heavy atom. The minimum Gasteiger partial charge on any atom is -0.512 e. The van der Waals surface area contributed by atoms with Crippen LogP contribution in [0.5, 0.6) is 0 Å².